The molecular formula is C29H22ClNO7. The number of hydrogen-bond donors (Lipinski definition) is 1. The van der Waals surface area contributed by atoms with Crippen LogP contribution in [-0.2, 0) is 20.7 Å². The van der Waals surface area contributed by atoms with Gasteiger partial charge in [-0.1, -0.05) is 35.9 Å². The lowest BCUT2D eigenvalue weighted by molar-refractivity contribution is -0.139. The van der Waals surface area contributed by atoms with Gasteiger partial charge >= 0.3 is 5.97 Å². The average molecular weight is 532 g/mol. The molecule has 1 aliphatic heterocycles. The van der Waals surface area contributed by atoms with Gasteiger partial charge in [0, 0.05) is 16.1 Å². The van der Waals surface area contributed by atoms with E-state index in [1.807, 2.05) is 0 Å². The monoisotopic (exact) mass is 531 g/mol. The Bertz CT molecular complexity index is 1590. The molecule has 192 valence electrons. The summed E-state index contributed by atoms with van der Waals surface area (Å²) in [6.07, 6.45) is 0.0654. The van der Waals surface area contributed by atoms with Crippen LogP contribution in [0.5, 0.6) is 5.75 Å². The molecule has 3 aromatic carbocycles. The van der Waals surface area contributed by atoms with Crippen LogP contribution in [0, 0.1) is 0 Å². The van der Waals surface area contributed by atoms with Crippen molar-refractivity contribution in [2.45, 2.75) is 12.5 Å². The summed E-state index contributed by atoms with van der Waals surface area (Å²) in [6.45, 7) is 0. The summed E-state index contributed by atoms with van der Waals surface area (Å²) in [5, 5.41) is 12.1. The second-order valence-electron chi connectivity index (χ2n) is 8.65. The van der Waals surface area contributed by atoms with E-state index in [4.69, 9.17) is 25.5 Å². The molecule has 38 heavy (non-hydrogen) atoms. The zero-order valence-electron chi connectivity index (χ0n) is 20.4. The number of Topliss-reactive ketones (excluding diaryl/α,β-unsaturated/α-hetero) is 1. The number of ether oxygens (including phenoxy) is 2. The molecule has 0 saturated carbocycles. The van der Waals surface area contributed by atoms with Crippen LogP contribution in [0.25, 0.3) is 11.0 Å². The van der Waals surface area contributed by atoms with Crippen LogP contribution in [0.2, 0.25) is 5.02 Å². The lowest BCUT2D eigenvalue weighted by Crippen LogP contribution is -2.31. The van der Waals surface area contributed by atoms with Gasteiger partial charge in [-0.2, -0.15) is 0 Å². The Labute approximate surface area is 222 Å². The standard InChI is InChI=1S/C29H22ClNO7/c1-36-21-10-5-17(6-11-21)26-25(27(33)23-15-18-14-19(30)7-12-22(18)38-23)28(34)29(35)31(26)20-8-3-16(4-9-20)13-24(32)37-2/h3-12,14-15,26,34H,13H2,1-2H3. The van der Waals surface area contributed by atoms with Crippen molar-refractivity contribution in [1.82, 2.24) is 0 Å². The number of aliphatic hydroxyl groups is 1. The summed E-state index contributed by atoms with van der Waals surface area (Å²) in [7, 11) is 2.84. The van der Waals surface area contributed by atoms with E-state index in [9.17, 15) is 19.5 Å². The molecule has 0 radical (unpaired) electrons. The van der Waals surface area contributed by atoms with E-state index in [0.29, 0.717) is 38.6 Å². The Morgan fingerprint density at radius 2 is 1.71 bits per heavy atom. The van der Waals surface area contributed by atoms with Gasteiger partial charge in [-0.05, 0) is 59.7 Å². The number of carbonyl (C=O) groups is 3. The van der Waals surface area contributed by atoms with Crippen molar-refractivity contribution >= 4 is 45.9 Å². The fraction of sp³-hybridized carbons (Fsp3) is 0.138. The van der Waals surface area contributed by atoms with E-state index >= 15 is 0 Å². The number of carbonyl (C=O) groups excluding carboxylic acids is 3. The summed E-state index contributed by atoms with van der Waals surface area (Å²) in [4.78, 5) is 40.1. The van der Waals surface area contributed by atoms with Crippen LogP contribution >= 0.6 is 11.6 Å². The third-order valence-corrected chi connectivity index (χ3v) is 6.61. The van der Waals surface area contributed by atoms with Gasteiger partial charge in [-0.15, -0.1) is 0 Å². The topological polar surface area (TPSA) is 106 Å². The first-order valence-corrected chi connectivity index (χ1v) is 12.0. The second kappa shape index (κ2) is 10.1. The van der Waals surface area contributed by atoms with Crippen molar-refractivity contribution in [3.05, 3.63) is 106 Å². The third kappa shape index (κ3) is 4.50. The Balaban J connectivity index is 1.58. The number of hydrogen-bond acceptors (Lipinski definition) is 7. The van der Waals surface area contributed by atoms with Crippen LogP contribution in [0.4, 0.5) is 5.69 Å². The quantitative estimate of drug-likeness (QED) is 0.244. The van der Waals surface area contributed by atoms with Crippen LogP contribution in [0.1, 0.15) is 27.7 Å². The molecule has 4 aromatic rings. The maximum Gasteiger partial charge on any atom is 0.309 e. The molecule has 1 amide bonds. The summed E-state index contributed by atoms with van der Waals surface area (Å²) >= 11 is 6.08. The van der Waals surface area contributed by atoms with Crippen LogP contribution in [-0.4, -0.2) is 37.0 Å². The van der Waals surface area contributed by atoms with Gasteiger partial charge in [-0.3, -0.25) is 19.3 Å². The van der Waals surface area contributed by atoms with Crippen molar-refractivity contribution < 1.29 is 33.4 Å². The largest absolute Gasteiger partial charge is 0.503 e. The third-order valence-electron chi connectivity index (χ3n) is 6.38. The van der Waals surface area contributed by atoms with Crippen molar-refractivity contribution in [3.63, 3.8) is 0 Å². The van der Waals surface area contributed by atoms with Crippen molar-refractivity contribution in [2.24, 2.45) is 0 Å². The van der Waals surface area contributed by atoms with E-state index in [1.54, 1.807) is 66.7 Å². The molecule has 9 heteroatoms. The molecular weight excluding hydrogens is 510 g/mol. The molecule has 0 aliphatic carbocycles. The van der Waals surface area contributed by atoms with Gasteiger partial charge < -0.3 is 19.0 Å². The lowest BCUT2D eigenvalue weighted by Gasteiger charge is -2.27. The number of anilines is 1. The highest BCUT2D eigenvalue weighted by atomic mass is 35.5. The highest BCUT2D eigenvalue weighted by Crippen LogP contribution is 2.42. The molecule has 1 atom stereocenters. The summed E-state index contributed by atoms with van der Waals surface area (Å²) < 4.78 is 15.7. The maximum atomic E-state index is 13.8. The number of nitrogens with zero attached hydrogens (tertiary/aromatic N) is 1. The Morgan fingerprint density at radius 1 is 1.00 bits per heavy atom. The lowest BCUT2D eigenvalue weighted by atomic mass is 9.94. The van der Waals surface area contributed by atoms with E-state index in [2.05, 4.69) is 0 Å². The van der Waals surface area contributed by atoms with E-state index < -0.39 is 29.5 Å². The summed E-state index contributed by atoms with van der Waals surface area (Å²) in [5.41, 5.74) is 2.01. The number of aliphatic hydroxyl groups excluding tert-OH is 1. The van der Waals surface area contributed by atoms with E-state index in [-0.39, 0.29) is 17.8 Å². The molecule has 2 heterocycles. The molecule has 0 bridgehead atoms. The number of furan rings is 1. The molecule has 1 aliphatic rings. The average Bonchev–Trinajstić information content (AvgIpc) is 3.47. The molecule has 0 saturated heterocycles. The van der Waals surface area contributed by atoms with Crippen LogP contribution in [0.15, 0.2) is 88.5 Å². The highest BCUT2D eigenvalue weighted by Gasteiger charge is 2.45. The number of amides is 1. The molecule has 1 N–H and O–H groups in total. The highest BCUT2D eigenvalue weighted by molar-refractivity contribution is 6.31. The Morgan fingerprint density at radius 3 is 2.37 bits per heavy atom. The number of methoxy groups -OCH3 is 2. The zero-order chi connectivity index (χ0) is 27.0. The van der Waals surface area contributed by atoms with Crippen molar-refractivity contribution in [1.29, 1.82) is 0 Å². The van der Waals surface area contributed by atoms with Gasteiger partial charge in [0.05, 0.1) is 32.3 Å². The minimum Gasteiger partial charge on any atom is -0.503 e. The normalized spacial score (nSPS) is 15.3. The molecule has 0 spiro atoms. The fourth-order valence-electron chi connectivity index (χ4n) is 4.48. The summed E-state index contributed by atoms with van der Waals surface area (Å²) in [6, 6.07) is 19.1. The molecule has 0 fully saturated rings. The SMILES string of the molecule is COC(=O)Cc1ccc(N2C(=O)C(O)=C(C(=O)c3cc4cc(Cl)ccc4o3)C2c2ccc(OC)cc2)cc1. The number of esters is 1. The first-order valence-electron chi connectivity index (χ1n) is 11.6. The molecule has 1 unspecified atom stereocenters. The molecule has 1 aromatic heterocycles. The second-order valence-corrected chi connectivity index (χ2v) is 9.09. The number of benzene rings is 3. The summed E-state index contributed by atoms with van der Waals surface area (Å²) in [5.74, 6) is -1.89. The smallest absolute Gasteiger partial charge is 0.309 e. The molecule has 5 rings (SSSR count). The maximum absolute atomic E-state index is 13.8. The van der Waals surface area contributed by atoms with Gasteiger partial charge in [0.1, 0.15) is 11.3 Å². The number of rotatable bonds is 7. The van der Waals surface area contributed by atoms with Gasteiger partial charge in [-0.25, -0.2) is 0 Å². The first kappa shape index (κ1) is 25.1. The Kier molecular flexibility index (Phi) is 6.65. The van der Waals surface area contributed by atoms with Gasteiger partial charge in [0.15, 0.2) is 11.5 Å². The Hall–Kier alpha value is -4.56. The van der Waals surface area contributed by atoms with Crippen molar-refractivity contribution in [3.8, 4) is 5.75 Å². The number of ketones is 1. The van der Waals surface area contributed by atoms with Crippen LogP contribution < -0.4 is 9.64 Å². The fourth-order valence-corrected chi connectivity index (χ4v) is 4.66. The van der Waals surface area contributed by atoms with Crippen molar-refractivity contribution in [2.75, 3.05) is 19.1 Å². The van der Waals surface area contributed by atoms with Gasteiger partial charge in [0.2, 0.25) is 5.78 Å². The van der Waals surface area contributed by atoms with Gasteiger partial charge in [0.25, 0.3) is 5.91 Å². The van der Waals surface area contributed by atoms with E-state index in [1.165, 1.54) is 25.2 Å². The van der Waals surface area contributed by atoms with Crippen LogP contribution in [0.3, 0.4) is 0 Å². The predicted molar refractivity (Wildman–Crippen MR) is 141 cm³/mol. The zero-order valence-corrected chi connectivity index (χ0v) is 21.2. The minimum absolute atomic E-state index is 0.0367. The van der Waals surface area contributed by atoms with E-state index in [0.717, 1.165) is 0 Å². The first-order chi connectivity index (χ1) is 18.3. The minimum atomic E-state index is -0.954. The number of fused-ring (bicyclic) bond motifs is 1. The predicted octanol–water partition coefficient (Wildman–Crippen LogP) is 5.59. The molecule has 8 nitrogen and oxygen atoms in total. The number of halogens is 1.